The highest BCUT2D eigenvalue weighted by Gasteiger charge is 2.23. The molecule has 0 aromatic carbocycles. The quantitative estimate of drug-likeness (QED) is 0.584. The third-order valence-corrected chi connectivity index (χ3v) is 5.65. The van der Waals surface area contributed by atoms with E-state index in [1.54, 1.807) is 6.20 Å². The van der Waals surface area contributed by atoms with Crippen LogP contribution in [-0.2, 0) is 17.9 Å². The van der Waals surface area contributed by atoms with Gasteiger partial charge in [0.05, 0.1) is 14.1 Å². The van der Waals surface area contributed by atoms with Crippen molar-refractivity contribution < 1.29 is 4.74 Å². The Balaban J connectivity index is 0.00000289. The first-order valence-corrected chi connectivity index (χ1v) is 9.43. The molecule has 6 heteroatoms. The highest BCUT2D eigenvalue weighted by atomic mass is 127. The van der Waals surface area contributed by atoms with Crippen molar-refractivity contribution in [2.75, 3.05) is 0 Å². The first kappa shape index (κ1) is 17.6. The van der Waals surface area contributed by atoms with Gasteiger partial charge in [-0.1, -0.05) is 19.6 Å². The summed E-state index contributed by atoms with van der Waals surface area (Å²) in [6, 6.07) is 2.15. The molecule has 1 atom stereocenters. The number of imidazole rings is 1. The standard InChI is InChI=1S/C12H21N3OSi.HI/c1-10-8-14-12(15(10)7-6-13)9-16-11(2)17(3,4)5;/h8,11H,7,9H2,1-5H3;1H. The largest absolute Gasteiger partial charge is 0.374 e. The Hall–Kier alpha value is -0.393. The minimum absolute atomic E-state index is 0. The van der Waals surface area contributed by atoms with E-state index < -0.39 is 8.07 Å². The molecule has 4 nitrogen and oxygen atoms in total. The topological polar surface area (TPSA) is 50.8 Å². The van der Waals surface area contributed by atoms with Gasteiger partial charge in [-0.15, -0.1) is 24.0 Å². The van der Waals surface area contributed by atoms with Crippen molar-refractivity contribution in [3.8, 4) is 6.07 Å². The summed E-state index contributed by atoms with van der Waals surface area (Å²) in [5.41, 5.74) is 1.29. The zero-order chi connectivity index (χ0) is 13.1. The molecular formula is C12H22IN3OSi. The van der Waals surface area contributed by atoms with Gasteiger partial charge >= 0.3 is 0 Å². The number of ether oxygens (including phenoxy) is 1. The maximum atomic E-state index is 8.76. The van der Waals surface area contributed by atoms with Crippen LogP contribution >= 0.6 is 24.0 Å². The van der Waals surface area contributed by atoms with Crippen LogP contribution in [0.4, 0.5) is 0 Å². The minimum Gasteiger partial charge on any atom is -0.374 e. The molecule has 1 heterocycles. The number of hydrogen-bond acceptors (Lipinski definition) is 3. The molecule has 0 aliphatic carbocycles. The van der Waals surface area contributed by atoms with E-state index in [0.29, 0.717) is 13.2 Å². The summed E-state index contributed by atoms with van der Waals surface area (Å²) >= 11 is 0. The molecule has 0 aliphatic rings. The molecule has 0 saturated heterocycles. The van der Waals surface area contributed by atoms with Crippen molar-refractivity contribution in [1.29, 1.82) is 5.26 Å². The van der Waals surface area contributed by atoms with Crippen molar-refractivity contribution in [2.24, 2.45) is 0 Å². The summed E-state index contributed by atoms with van der Waals surface area (Å²) in [4.78, 5) is 4.29. The van der Waals surface area contributed by atoms with Crippen molar-refractivity contribution in [1.82, 2.24) is 9.55 Å². The van der Waals surface area contributed by atoms with Crippen LogP contribution in [0.1, 0.15) is 18.4 Å². The van der Waals surface area contributed by atoms with Gasteiger partial charge in [0.25, 0.3) is 0 Å². The van der Waals surface area contributed by atoms with E-state index >= 15 is 0 Å². The summed E-state index contributed by atoms with van der Waals surface area (Å²) < 4.78 is 7.76. The van der Waals surface area contributed by atoms with Crippen LogP contribution in [0.3, 0.4) is 0 Å². The molecule has 0 amide bonds. The van der Waals surface area contributed by atoms with Crippen molar-refractivity contribution >= 4 is 32.1 Å². The predicted octanol–water partition coefficient (Wildman–Crippen LogP) is 3.12. The van der Waals surface area contributed by atoms with Crippen molar-refractivity contribution in [2.45, 2.75) is 52.4 Å². The lowest BCUT2D eigenvalue weighted by Crippen LogP contribution is -2.37. The third-order valence-electron chi connectivity index (χ3n) is 3.05. The van der Waals surface area contributed by atoms with Gasteiger partial charge in [-0.2, -0.15) is 5.26 Å². The third kappa shape index (κ3) is 4.70. The Morgan fingerprint density at radius 2 is 2.11 bits per heavy atom. The van der Waals surface area contributed by atoms with E-state index in [4.69, 9.17) is 10.00 Å². The molecule has 1 rings (SSSR count). The van der Waals surface area contributed by atoms with Gasteiger partial charge in [-0.3, -0.25) is 0 Å². The zero-order valence-corrected chi connectivity index (χ0v) is 15.1. The van der Waals surface area contributed by atoms with Crippen molar-refractivity contribution in [3.63, 3.8) is 0 Å². The van der Waals surface area contributed by atoms with Crippen LogP contribution in [0.5, 0.6) is 0 Å². The number of aromatic nitrogens is 2. The number of halogens is 1. The molecule has 1 aromatic heterocycles. The second-order valence-electron chi connectivity index (χ2n) is 5.38. The van der Waals surface area contributed by atoms with Gasteiger partial charge in [0, 0.05) is 17.6 Å². The maximum Gasteiger partial charge on any atom is 0.135 e. The molecular weight excluding hydrogens is 357 g/mol. The van der Waals surface area contributed by atoms with E-state index in [2.05, 4.69) is 37.6 Å². The van der Waals surface area contributed by atoms with Crippen LogP contribution in [0, 0.1) is 18.3 Å². The Morgan fingerprint density at radius 3 is 2.61 bits per heavy atom. The smallest absolute Gasteiger partial charge is 0.135 e. The summed E-state index contributed by atoms with van der Waals surface area (Å²) in [6.45, 7) is 11.7. The molecule has 0 fully saturated rings. The fraction of sp³-hybridized carbons (Fsp3) is 0.667. The lowest BCUT2D eigenvalue weighted by Gasteiger charge is -2.25. The fourth-order valence-corrected chi connectivity index (χ4v) is 1.95. The molecule has 18 heavy (non-hydrogen) atoms. The number of rotatable bonds is 5. The van der Waals surface area contributed by atoms with Crippen molar-refractivity contribution in [3.05, 3.63) is 17.7 Å². The van der Waals surface area contributed by atoms with E-state index in [1.807, 2.05) is 11.5 Å². The lowest BCUT2D eigenvalue weighted by atomic mass is 10.5. The van der Waals surface area contributed by atoms with Gasteiger partial charge < -0.3 is 9.30 Å². The van der Waals surface area contributed by atoms with Gasteiger partial charge in [0.1, 0.15) is 19.0 Å². The molecule has 0 spiro atoms. The first-order chi connectivity index (χ1) is 7.86. The summed E-state index contributed by atoms with van der Waals surface area (Å²) in [6.07, 6.45) is 1.79. The Kier molecular flexibility index (Phi) is 7.10. The number of hydrogen-bond donors (Lipinski definition) is 0. The van der Waals surface area contributed by atoms with E-state index in [9.17, 15) is 0 Å². The Labute approximate surface area is 127 Å². The summed E-state index contributed by atoms with van der Waals surface area (Å²) in [5, 5.41) is 8.76. The van der Waals surface area contributed by atoms with Gasteiger partial charge in [-0.25, -0.2) is 4.98 Å². The number of nitriles is 1. The lowest BCUT2D eigenvalue weighted by molar-refractivity contribution is 0.0908. The number of nitrogens with zero attached hydrogens (tertiary/aromatic N) is 3. The molecule has 0 bridgehead atoms. The van der Waals surface area contributed by atoms with Crippen LogP contribution in [0.25, 0.3) is 0 Å². The SMILES string of the molecule is Cc1cnc(COC(C)[Si](C)(C)C)n1CC#N.I. The summed E-state index contributed by atoms with van der Waals surface area (Å²) in [7, 11) is -1.27. The van der Waals surface area contributed by atoms with Crippen LogP contribution in [-0.4, -0.2) is 23.4 Å². The Morgan fingerprint density at radius 1 is 1.50 bits per heavy atom. The van der Waals surface area contributed by atoms with E-state index in [-0.39, 0.29) is 29.7 Å². The fourth-order valence-electron chi connectivity index (χ4n) is 1.36. The second kappa shape index (κ2) is 7.26. The van der Waals surface area contributed by atoms with Crippen LogP contribution in [0.15, 0.2) is 6.20 Å². The van der Waals surface area contributed by atoms with Gasteiger partial charge in [0.15, 0.2) is 0 Å². The molecule has 1 unspecified atom stereocenters. The highest BCUT2D eigenvalue weighted by molar-refractivity contribution is 14.0. The van der Waals surface area contributed by atoms with Gasteiger partial charge in [-0.05, 0) is 13.8 Å². The molecule has 0 radical (unpaired) electrons. The van der Waals surface area contributed by atoms with E-state index in [1.165, 1.54) is 0 Å². The van der Waals surface area contributed by atoms with E-state index in [0.717, 1.165) is 11.5 Å². The van der Waals surface area contributed by atoms with Crippen LogP contribution in [0.2, 0.25) is 19.6 Å². The monoisotopic (exact) mass is 379 g/mol. The molecule has 0 aliphatic heterocycles. The average molecular weight is 379 g/mol. The first-order valence-electron chi connectivity index (χ1n) is 5.86. The minimum atomic E-state index is -1.27. The predicted molar refractivity (Wildman–Crippen MR) is 85.6 cm³/mol. The average Bonchev–Trinajstić information content (AvgIpc) is 2.56. The molecule has 1 aromatic rings. The second-order valence-corrected chi connectivity index (χ2v) is 10.9. The molecule has 0 saturated carbocycles. The molecule has 0 N–H and O–H groups in total. The highest BCUT2D eigenvalue weighted by Crippen LogP contribution is 2.13. The normalized spacial score (nSPS) is 12.7. The summed E-state index contributed by atoms with van der Waals surface area (Å²) in [5.74, 6) is 0.842. The maximum absolute atomic E-state index is 8.76. The van der Waals surface area contributed by atoms with Gasteiger partial charge in [0.2, 0.25) is 0 Å². The zero-order valence-electron chi connectivity index (χ0n) is 11.7. The Bertz CT molecular complexity index is 420. The molecule has 102 valence electrons. The van der Waals surface area contributed by atoms with Crippen LogP contribution < -0.4 is 0 Å². The number of aryl methyl sites for hydroxylation is 1.